The SMILES string of the molecule is O=C(Nc1cccc(C2SCCS2)c1)C1CC(=O)N(c2ccccc2Cl)C1. The molecule has 7 heteroatoms. The normalized spacial score (nSPS) is 20.3. The van der Waals surface area contributed by atoms with Gasteiger partial charge in [0.05, 0.1) is 21.2 Å². The van der Waals surface area contributed by atoms with Gasteiger partial charge >= 0.3 is 0 Å². The Morgan fingerprint density at radius 2 is 1.89 bits per heavy atom. The highest BCUT2D eigenvalue weighted by Crippen LogP contribution is 2.45. The number of carbonyl (C=O) groups excluding carboxylic acids is 2. The lowest BCUT2D eigenvalue weighted by molar-refractivity contribution is -0.122. The summed E-state index contributed by atoms with van der Waals surface area (Å²) in [6, 6.07) is 15.2. The molecule has 2 aromatic rings. The summed E-state index contributed by atoms with van der Waals surface area (Å²) in [6.45, 7) is 0.350. The molecular weight excluding hydrogens is 400 g/mol. The van der Waals surface area contributed by atoms with Crippen molar-refractivity contribution in [3.05, 3.63) is 59.1 Å². The van der Waals surface area contributed by atoms with Crippen LogP contribution in [-0.4, -0.2) is 29.9 Å². The third-order valence-corrected chi connectivity index (χ3v) is 8.11. The molecule has 1 unspecified atom stereocenters. The zero-order valence-electron chi connectivity index (χ0n) is 14.6. The minimum absolute atomic E-state index is 0.0734. The second kappa shape index (κ2) is 8.17. The van der Waals surface area contributed by atoms with E-state index in [4.69, 9.17) is 11.6 Å². The quantitative estimate of drug-likeness (QED) is 0.774. The third kappa shape index (κ3) is 4.13. The van der Waals surface area contributed by atoms with Crippen molar-refractivity contribution in [2.75, 3.05) is 28.3 Å². The van der Waals surface area contributed by atoms with Crippen LogP contribution in [0.1, 0.15) is 16.6 Å². The van der Waals surface area contributed by atoms with Crippen LogP contribution in [0.5, 0.6) is 0 Å². The molecule has 2 fully saturated rings. The Balaban J connectivity index is 1.44. The Morgan fingerprint density at radius 1 is 1.11 bits per heavy atom. The number of carbonyl (C=O) groups is 2. The van der Waals surface area contributed by atoms with E-state index >= 15 is 0 Å². The van der Waals surface area contributed by atoms with E-state index in [1.54, 1.807) is 17.0 Å². The highest BCUT2D eigenvalue weighted by atomic mass is 35.5. The summed E-state index contributed by atoms with van der Waals surface area (Å²) < 4.78 is 0.436. The number of halogens is 1. The van der Waals surface area contributed by atoms with Gasteiger partial charge in [0.15, 0.2) is 0 Å². The summed E-state index contributed by atoms with van der Waals surface area (Å²) in [7, 11) is 0. The third-order valence-electron chi connectivity index (χ3n) is 4.69. The number of thioether (sulfide) groups is 2. The number of hydrogen-bond acceptors (Lipinski definition) is 4. The van der Waals surface area contributed by atoms with Crippen molar-refractivity contribution >= 4 is 58.3 Å². The van der Waals surface area contributed by atoms with E-state index in [2.05, 4.69) is 11.4 Å². The first-order valence-corrected chi connectivity index (χ1v) is 11.3. The van der Waals surface area contributed by atoms with Crippen LogP contribution in [0.15, 0.2) is 48.5 Å². The van der Waals surface area contributed by atoms with Crippen molar-refractivity contribution in [1.82, 2.24) is 0 Å². The van der Waals surface area contributed by atoms with Crippen LogP contribution in [0.4, 0.5) is 11.4 Å². The Hall–Kier alpha value is -1.63. The zero-order chi connectivity index (χ0) is 18.8. The number of anilines is 2. The maximum absolute atomic E-state index is 12.7. The first-order chi connectivity index (χ1) is 13.1. The van der Waals surface area contributed by atoms with Crippen LogP contribution in [0.2, 0.25) is 5.02 Å². The first-order valence-electron chi connectivity index (χ1n) is 8.81. The number of benzene rings is 2. The molecule has 27 heavy (non-hydrogen) atoms. The molecule has 4 rings (SSSR count). The second-order valence-electron chi connectivity index (χ2n) is 6.55. The maximum Gasteiger partial charge on any atom is 0.229 e. The summed E-state index contributed by atoms with van der Waals surface area (Å²) in [6.07, 6.45) is 0.199. The van der Waals surface area contributed by atoms with Gasteiger partial charge in [-0.3, -0.25) is 9.59 Å². The number of hydrogen-bond donors (Lipinski definition) is 1. The topological polar surface area (TPSA) is 49.4 Å². The van der Waals surface area contributed by atoms with Crippen LogP contribution in [0.3, 0.4) is 0 Å². The average Bonchev–Trinajstić information content (AvgIpc) is 3.32. The molecule has 0 aliphatic carbocycles. The van der Waals surface area contributed by atoms with Gasteiger partial charge in [-0.05, 0) is 29.8 Å². The van der Waals surface area contributed by atoms with Crippen LogP contribution >= 0.6 is 35.1 Å². The molecule has 0 saturated carbocycles. The van der Waals surface area contributed by atoms with Crippen LogP contribution in [-0.2, 0) is 9.59 Å². The monoisotopic (exact) mass is 418 g/mol. The van der Waals surface area contributed by atoms with Crippen molar-refractivity contribution in [3.8, 4) is 0 Å². The van der Waals surface area contributed by atoms with Gasteiger partial charge in [-0.2, -0.15) is 0 Å². The summed E-state index contributed by atoms with van der Waals surface area (Å²) in [5, 5.41) is 3.51. The van der Waals surface area contributed by atoms with E-state index in [1.165, 1.54) is 5.56 Å². The lowest BCUT2D eigenvalue weighted by Gasteiger charge is -2.18. The van der Waals surface area contributed by atoms with E-state index < -0.39 is 0 Å². The predicted octanol–water partition coefficient (Wildman–Crippen LogP) is 4.81. The van der Waals surface area contributed by atoms with Gasteiger partial charge in [0, 0.05) is 30.2 Å². The van der Waals surface area contributed by atoms with Crippen LogP contribution in [0, 0.1) is 5.92 Å². The molecular formula is C20H19ClN2O2S2. The molecule has 0 spiro atoms. The molecule has 2 saturated heterocycles. The summed E-state index contributed by atoms with van der Waals surface area (Å²) in [4.78, 5) is 26.7. The van der Waals surface area contributed by atoms with E-state index in [1.807, 2.05) is 53.9 Å². The summed E-state index contributed by atoms with van der Waals surface area (Å²) >= 11 is 10.1. The lowest BCUT2D eigenvalue weighted by atomic mass is 10.1. The van der Waals surface area contributed by atoms with Crippen molar-refractivity contribution < 1.29 is 9.59 Å². The van der Waals surface area contributed by atoms with E-state index in [0.717, 1.165) is 17.2 Å². The first kappa shape index (κ1) is 18.7. The fourth-order valence-electron chi connectivity index (χ4n) is 3.34. The van der Waals surface area contributed by atoms with Crippen molar-refractivity contribution in [2.24, 2.45) is 5.92 Å². The van der Waals surface area contributed by atoms with Gasteiger partial charge in [0.2, 0.25) is 11.8 Å². The molecule has 0 bridgehead atoms. The lowest BCUT2D eigenvalue weighted by Crippen LogP contribution is -2.28. The van der Waals surface area contributed by atoms with Gasteiger partial charge in [0.1, 0.15) is 0 Å². The van der Waals surface area contributed by atoms with E-state index in [-0.39, 0.29) is 24.2 Å². The molecule has 0 radical (unpaired) electrons. The Kier molecular flexibility index (Phi) is 5.66. The summed E-state index contributed by atoms with van der Waals surface area (Å²) in [5.41, 5.74) is 2.67. The number of amides is 2. The number of para-hydroxylation sites is 1. The largest absolute Gasteiger partial charge is 0.326 e. The Morgan fingerprint density at radius 3 is 2.67 bits per heavy atom. The smallest absolute Gasteiger partial charge is 0.229 e. The van der Waals surface area contributed by atoms with Crippen molar-refractivity contribution in [3.63, 3.8) is 0 Å². The molecule has 2 aliphatic heterocycles. The Labute approximate surface area is 172 Å². The standard InChI is InChI=1S/C20H19ClN2O2S2/c21-16-6-1-2-7-17(16)23-12-14(11-18(23)24)19(25)22-15-5-3-4-13(10-15)20-26-8-9-27-20/h1-7,10,14,20H,8-9,11-12H2,(H,22,25). The zero-order valence-corrected chi connectivity index (χ0v) is 16.9. The minimum Gasteiger partial charge on any atom is -0.326 e. The molecule has 4 nitrogen and oxygen atoms in total. The summed E-state index contributed by atoms with van der Waals surface area (Å²) in [5.74, 6) is 1.74. The van der Waals surface area contributed by atoms with Gasteiger partial charge < -0.3 is 10.2 Å². The van der Waals surface area contributed by atoms with Gasteiger partial charge in [0.25, 0.3) is 0 Å². The average molecular weight is 419 g/mol. The maximum atomic E-state index is 12.7. The van der Waals surface area contributed by atoms with E-state index in [0.29, 0.717) is 21.8 Å². The molecule has 2 aliphatic rings. The molecule has 2 heterocycles. The highest BCUT2D eigenvalue weighted by Gasteiger charge is 2.36. The molecule has 0 aromatic heterocycles. The van der Waals surface area contributed by atoms with Crippen LogP contribution < -0.4 is 10.2 Å². The predicted molar refractivity (Wildman–Crippen MR) is 115 cm³/mol. The Bertz CT molecular complexity index is 871. The fourth-order valence-corrected chi connectivity index (χ4v) is 6.42. The van der Waals surface area contributed by atoms with E-state index in [9.17, 15) is 9.59 Å². The molecule has 2 amide bonds. The highest BCUT2D eigenvalue weighted by molar-refractivity contribution is 8.19. The minimum atomic E-state index is -0.382. The number of nitrogens with zero attached hydrogens (tertiary/aromatic N) is 1. The fraction of sp³-hybridized carbons (Fsp3) is 0.300. The number of nitrogens with one attached hydrogen (secondary N) is 1. The molecule has 140 valence electrons. The van der Waals surface area contributed by atoms with Gasteiger partial charge in [-0.1, -0.05) is 35.9 Å². The number of rotatable bonds is 4. The van der Waals surface area contributed by atoms with Crippen molar-refractivity contribution in [1.29, 1.82) is 0 Å². The van der Waals surface area contributed by atoms with Crippen LogP contribution in [0.25, 0.3) is 0 Å². The second-order valence-corrected chi connectivity index (χ2v) is 9.68. The molecule has 1 atom stereocenters. The molecule has 2 aromatic carbocycles. The molecule has 1 N–H and O–H groups in total. The van der Waals surface area contributed by atoms with Gasteiger partial charge in [-0.25, -0.2) is 0 Å². The van der Waals surface area contributed by atoms with Gasteiger partial charge in [-0.15, -0.1) is 23.5 Å². The van der Waals surface area contributed by atoms with Crippen molar-refractivity contribution in [2.45, 2.75) is 11.0 Å².